The molecule has 25 heavy (non-hydrogen) atoms. The number of aryl methyl sites for hydroxylation is 2. The van der Waals surface area contributed by atoms with Crippen LogP contribution in [-0.4, -0.2) is 24.7 Å². The van der Waals surface area contributed by atoms with E-state index in [0.29, 0.717) is 5.02 Å². The van der Waals surface area contributed by atoms with Crippen LogP contribution in [0.3, 0.4) is 0 Å². The van der Waals surface area contributed by atoms with Gasteiger partial charge in [0, 0.05) is 20.2 Å². The summed E-state index contributed by atoms with van der Waals surface area (Å²) in [6, 6.07) is 4.30. The number of hydrogen-bond acceptors (Lipinski definition) is 5. The molecular weight excluding hydrogens is 371 g/mol. The van der Waals surface area contributed by atoms with Crippen molar-refractivity contribution in [1.82, 2.24) is 18.7 Å². The third-order valence-corrected chi connectivity index (χ3v) is 4.35. The van der Waals surface area contributed by atoms with E-state index in [0.717, 1.165) is 4.57 Å². The van der Waals surface area contributed by atoms with Gasteiger partial charge in [-0.15, -0.1) is 0 Å². The molecule has 0 unspecified atom stereocenters. The van der Waals surface area contributed by atoms with Crippen molar-refractivity contribution in [3.8, 4) is 5.75 Å². The minimum Gasteiger partial charge on any atom is -0.425 e. The molecule has 0 radical (unpaired) electrons. The molecule has 130 valence electrons. The van der Waals surface area contributed by atoms with Crippen LogP contribution in [0.25, 0.3) is 11.2 Å². The van der Waals surface area contributed by atoms with Crippen molar-refractivity contribution in [1.29, 1.82) is 0 Å². The minimum absolute atomic E-state index is 0.158. The highest BCUT2D eigenvalue weighted by Gasteiger charge is 2.18. The number of benzene rings is 1. The lowest BCUT2D eigenvalue weighted by molar-refractivity contribution is -0.135. The van der Waals surface area contributed by atoms with E-state index >= 15 is 0 Å². The van der Waals surface area contributed by atoms with Crippen molar-refractivity contribution in [3.63, 3.8) is 0 Å². The molecule has 0 aliphatic heterocycles. The van der Waals surface area contributed by atoms with Crippen LogP contribution in [0.5, 0.6) is 5.75 Å². The van der Waals surface area contributed by atoms with E-state index in [9.17, 15) is 14.4 Å². The number of fused-ring (bicyclic) bond motifs is 1. The second-order valence-electron chi connectivity index (χ2n) is 5.31. The molecule has 0 aliphatic carbocycles. The van der Waals surface area contributed by atoms with E-state index < -0.39 is 23.8 Å². The molecule has 0 atom stereocenters. The van der Waals surface area contributed by atoms with Gasteiger partial charge in [0.15, 0.2) is 11.2 Å². The van der Waals surface area contributed by atoms with Crippen LogP contribution in [0, 0.1) is 0 Å². The fourth-order valence-corrected chi connectivity index (χ4v) is 2.66. The van der Waals surface area contributed by atoms with Gasteiger partial charge in [-0.3, -0.25) is 9.36 Å². The molecular formula is C15H12Cl2N4O4. The topological polar surface area (TPSA) is 88.1 Å². The quantitative estimate of drug-likeness (QED) is 0.503. The van der Waals surface area contributed by atoms with E-state index in [4.69, 9.17) is 27.9 Å². The van der Waals surface area contributed by atoms with Gasteiger partial charge < -0.3 is 9.30 Å². The summed E-state index contributed by atoms with van der Waals surface area (Å²) in [7, 11) is 3.09. The summed E-state index contributed by atoms with van der Waals surface area (Å²) < 4.78 is 8.59. The van der Waals surface area contributed by atoms with Gasteiger partial charge in [-0.1, -0.05) is 23.2 Å². The van der Waals surface area contributed by atoms with E-state index in [1.807, 2.05) is 0 Å². The zero-order chi connectivity index (χ0) is 18.3. The predicted molar refractivity (Wildman–Crippen MR) is 92.3 cm³/mol. The van der Waals surface area contributed by atoms with Crippen LogP contribution in [0.15, 0.2) is 34.1 Å². The van der Waals surface area contributed by atoms with E-state index in [1.165, 1.54) is 40.7 Å². The summed E-state index contributed by atoms with van der Waals surface area (Å²) in [6.45, 7) is -0.549. The van der Waals surface area contributed by atoms with Gasteiger partial charge >= 0.3 is 11.7 Å². The molecule has 2 aromatic heterocycles. The van der Waals surface area contributed by atoms with Crippen LogP contribution in [0.1, 0.15) is 0 Å². The highest BCUT2D eigenvalue weighted by molar-refractivity contribution is 6.42. The third-order valence-electron chi connectivity index (χ3n) is 3.61. The van der Waals surface area contributed by atoms with Gasteiger partial charge in [0.1, 0.15) is 12.3 Å². The molecule has 0 saturated carbocycles. The number of hydrogen-bond donors (Lipinski definition) is 0. The number of imidazole rings is 1. The first-order valence-electron chi connectivity index (χ1n) is 7.06. The fraction of sp³-hybridized carbons (Fsp3) is 0.200. The number of nitrogens with zero attached hydrogens (tertiary/aromatic N) is 4. The Kier molecular flexibility index (Phi) is 4.40. The molecule has 3 rings (SSSR count). The minimum atomic E-state index is -0.792. The SMILES string of the molecule is Cn1cnc2c1c(=O)n(CC(=O)Oc1ccc(Cl)c(Cl)c1)c(=O)n2C. The van der Waals surface area contributed by atoms with Crippen LogP contribution >= 0.6 is 23.2 Å². The second kappa shape index (κ2) is 6.38. The van der Waals surface area contributed by atoms with Gasteiger partial charge in [0.2, 0.25) is 0 Å². The zero-order valence-corrected chi connectivity index (χ0v) is 14.7. The molecule has 3 aromatic rings. The van der Waals surface area contributed by atoms with Crippen LogP contribution in [0.4, 0.5) is 0 Å². The maximum Gasteiger partial charge on any atom is 0.333 e. The van der Waals surface area contributed by atoms with Crippen molar-refractivity contribution >= 4 is 40.3 Å². The Morgan fingerprint density at radius 1 is 1.20 bits per heavy atom. The van der Waals surface area contributed by atoms with E-state index in [2.05, 4.69) is 4.98 Å². The van der Waals surface area contributed by atoms with Crippen molar-refractivity contribution < 1.29 is 9.53 Å². The standard InChI is InChI=1S/C15H12Cl2N4O4/c1-19-7-18-13-12(19)14(23)21(15(24)20(13)2)6-11(22)25-8-3-4-9(16)10(17)5-8/h3-5,7H,6H2,1-2H3. The van der Waals surface area contributed by atoms with E-state index in [-0.39, 0.29) is 21.9 Å². The maximum atomic E-state index is 12.5. The number of carbonyl (C=O) groups is 1. The molecule has 0 spiro atoms. The van der Waals surface area contributed by atoms with E-state index in [1.54, 1.807) is 7.05 Å². The Morgan fingerprint density at radius 3 is 2.60 bits per heavy atom. The lowest BCUT2D eigenvalue weighted by Crippen LogP contribution is -2.42. The van der Waals surface area contributed by atoms with Gasteiger partial charge in [0.25, 0.3) is 5.56 Å². The molecule has 0 aliphatic rings. The zero-order valence-electron chi connectivity index (χ0n) is 13.2. The first-order chi connectivity index (χ1) is 11.8. The first kappa shape index (κ1) is 17.2. The van der Waals surface area contributed by atoms with Crippen molar-refractivity contribution in [2.24, 2.45) is 14.1 Å². The Bertz CT molecular complexity index is 1110. The number of esters is 1. The van der Waals surface area contributed by atoms with Gasteiger partial charge in [0.05, 0.1) is 16.4 Å². The van der Waals surface area contributed by atoms with Gasteiger partial charge in [-0.2, -0.15) is 0 Å². The lowest BCUT2D eigenvalue weighted by atomic mass is 10.3. The normalized spacial score (nSPS) is 11.0. The molecule has 0 fully saturated rings. The summed E-state index contributed by atoms with van der Waals surface area (Å²) in [5.74, 6) is -0.634. The van der Waals surface area contributed by atoms with Crippen molar-refractivity contribution in [2.75, 3.05) is 0 Å². The first-order valence-corrected chi connectivity index (χ1v) is 7.81. The number of aromatic nitrogens is 4. The molecule has 8 nitrogen and oxygen atoms in total. The van der Waals surface area contributed by atoms with Crippen molar-refractivity contribution in [3.05, 3.63) is 55.4 Å². The molecule has 0 bridgehead atoms. The Labute approximate surface area is 150 Å². The maximum absolute atomic E-state index is 12.5. The molecule has 0 saturated heterocycles. The fourth-order valence-electron chi connectivity index (χ4n) is 2.37. The molecule has 0 N–H and O–H groups in total. The van der Waals surface area contributed by atoms with Crippen LogP contribution in [-0.2, 0) is 25.4 Å². The van der Waals surface area contributed by atoms with Gasteiger partial charge in [-0.25, -0.2) is 19.1 Å². The highest BCUT2D eigenvalue weighted by Crippen LogP contribution is 2.26. The highest BCUT2D eigenvalue weighted by atomic mass is 35.5. The smallest absolute Gasteiger partial charge is 0.333 e. The third kappa shape index (κ3) is 3.06. The number of carbonyl (C=O) groups excluding carboxylic acids is 1. The van der Waals surface area contributed by atoms with Gasteiger partial charge in [-0.05, 0) is 12.1 Å². The molecule has 1 aromatic carbocycles. The number of halogens is 2. The Balaban J connectivity index is 1.96. The monoisotopic (exact) mass is 382 g/mol. The average Bonchev–Trinajstić information content (AvgIpc) is 2.95. The summed E-state index contributed by atoms with van der Waals surface area (Å²) in [5, 5.41) is 0.532. The Morgan fingerprint density at radius 2 is 1.92 bits per heavy atom. The molecule has 0 amide bonds. The summed E-state index contributed by atoms with van der Waals surface area (Å²) in [4.78, 5) is 41.0. The lowest BCUT2D eigenvalue weighted by Gasteiger charge is -2.09. The molecule has 10 heteroatoms. The second-order valence-corrected chi connectivity index (χ2v) is 6.12. The Hall–Kier alpha value is -2.58. The van der Waals surface area contributed by atoms with Crippen LogP contribution in [0.2, 0.25) is 10.0 Å². The summed E-state index contributed by atoms with van der Waals surface area (Å²) in [6.07, 6.45) is 1.42. The molecule has 2 heterocycles. The summed E-state index contributed by atoms with van der Waals surface area (Å²) in [5.41, 5.74) is -0.831. The van der Waals surface area contributed by atoms with Crippen molar-refractivity contribution in [2.45, 2.75) is 6.54 Å². The predicted octanol–water partition coefficient (Wildman–Crippen LogP) is 1.35. The summed E-state index contributed by atoms with van der Waals surface area (Å²) >= 11 is 11.7. The number of rotatable bonds is 3. The van der Waals surface area contributed by atoms with Crippen LogP contribution < -0.4 is 16.0 Å². The number of ether oxygens (including phenoxy) is 1. The average molecular weight is 383 g/mol. The largest absolute Gasteiger partial charge is 0.425 e.